The molecule has 0 saturated carbocycles. The average Bonchev–Trinajstić information content (AvgIpc) is 2.61. The second-order valence-corrected chi connectivity index (χ2v) is 5.39. The lowest BCUT2D eigenvalue weighted by Crippen LogP contribution is -2.25. The predicted octanol–water partition coefficient (Wildman–Crippen LogP) is 2.48. The summed E-state index contributed by atoms with van der Waals surface area (Å²) in [6.45, 7) is 3.54. The topological polar surface area (TPSA) is 104 Å². The maximum Gasteiger partial charge on any atom is 0.335 e. The summed E-state index contributed by atoms with van der Waals surface area (Å²) in [5.74, 6) is -1.22. The largest absolute Gasteiger partial charge is 0.478 e. The van der Waals surface area contributed by atoms with E-state index in [1.54, 1.807) is 30.3 Å². The van der Waals surface area contributed by atoms with Gasteiger partial charge in [-0.3, -0.25) is 4.79 Å². The summed E-state index contributed by atoms with van der Waals surface area (Å²) in [4.78, 5) is 21.7. The van der Waals surface area contributed by atoms with Gasteiger partial charge in [0.15, 0.2) is 0 Å². The van der Waals surface area contributed by atoms with Gasteiger partial charge < -0.3 is 20.1 Å². The third-order valence-corrected chi connectivity index (χ3v) is 3.38. The number of aliphatic hydroxyl groups is 2. The van der Waals surface area contributed by atoms with Crippen molar-refractivity contribution in [2.45, 2.75) is 45.6 Å². The number of carboxylic acid groups (broad SMARTS) is 1. The molecule has 0 radical (unpaired) electrons. The van der Waals surface area contributed by atoms with Crippen LogP contribution in [0.5, 0.6) is 0 Å². The summed E-state index contributed by atoms with van der Waals surface area (Å²) in [6.07, 6.45) is 2.70. The molecule has 0 aliphatic carbocycles. The molecule has 0 amide bonds. The lowest BCUT2D eigenvalue weighted by molar-refractivity contribution is -0.152. The van der Waals surface area contributed by atoms with E-state index in [1.807, 2.05) is 6.92 Å². The number of benzene rings is 1. The maximum atomic E-state index is 11.5. The van der Waals surface area contributed by atoms with E-state index in [0.717, 1.165) is 25.7 Å². The first-order valence-corrected chi connectivity index (χ1v) is 8.20. The molecule has 0 heterocycles. The summed E-state index contributed by atoms with van der Waals surface area (Å²) in [5, 5.41) is 25.9. The zero-order valence-corrected chi connectivity index (χ0v) is 14.4. The Hall–Kier alpha value is -1.92. The maximum absolute atomic E-state index is 11.5. The Morgan fingerprint density at radius 2 is 1.79 bits per heavy atom. The van der Waals surface area contributed by atoms with Gasteiger partial charge in [0.1, 0.15) is 12.7 Å². The van der Waals surface area contributed by atoms with Gasteiger partial charge in [0.2, 0.25) is 0 Å². The van der Waals surface area contributed by atoms with Crippen molar-refractivity contribution in [1.82, 2.24) is 0 Å². The van der Waals surface area contributed by atoms with Gasteiger partial charge in [-0.05, 0) is 25.0 Å². The Kier molecular flexibility index (Phi) is 12.4. The van der Waals surface area contributed by atoms with Crippen LogP contribution in [0.2, 0.25) is 0 Å². The van der Waals surface area contributed by atoms with Crippen LogP contribution in [0.3, 0.4) is 0 Å². The highest BCUT2D eigenvalue weighted by Crippen LogP contribution is 2.14. The zero-order chi connectivity index (χ0) is 18.4. The van der Waals surface area contributed by atoms with Crippen molar-refractivity contribution >= 4 is 11.9 Å². The first kappa shape index (κ1) is 22.1. The molecule has 6 nitrogen and oxygen atoms in total. The van der Waals surface area contributed by atoms with Crippen molar-refractivity contribution < 1.29 is 29.6 Å². The highest BCUT2D eigenvalue weighted by Gasteiger charge is 2.18. The van der Waals surface area contributed by atoms with E-state index in [9.17, 15) is 9.59 Å². The molecule has 6 heteroatoms. The van der Waals surface area contributed by atoms with Crippen molar-refractivity contribution in [2.75, 3.05) is 13.2 Å². The SMILES string of the molecule is CCCCC(CC)C(=O)OCC(O)CO.O=C(O)c1ccccc1. The molecular weight excluding hydrogens is 312 g/mol. The van der Waals surface area contributed by atoms with Crippen LogP contribution in [0.1, 0.15) is 49.9 Å². The van der Waals surface area contributed by atoms with E-state index in [2.05, 4.69) is 6.92 Å². The van der Waals surface area contributed by atoms with Gasteiger partial charge in [0.05, 0.1) is 18.1 Å². The number of hydrogen-bond acceptors (Lipinski definition) is 5. The molecule has 136 valence electrons. The number of hydrogen-bond donors (Lipinski definition) is 3. The fourth-order valence-electron chi connectivity index (χ4n) is 1.87. The molecule has 0 fully saturated rings. The third kappa shape index (κ3) is 9.97. The molecule has 2 atom stereocenters. The standard InChI is InChI=1S/C11H22O4.C7H6O2/c1-3-5-6-9(4-2)11(14)15-8-10(13)7-12;8-7(9)6-4-2-1-3-5-6/h9-10,12-13H,3-8H2,1-2H3;1-5H,(H,8,9). The van der Waals surface area contributed by atoms with Gasteiger partial charge in [-0.1, -0.05) is 44.9 Å². The molecule has 2 unspecified atom stereocenters. The summed E-state index contributed by atoms with van der Waals surface area (Å²) < 4.78 is 4.90. The van der Waals surface area contributed by atoms with Crippen molar-refractivity contribution in [2.24, 2.45) is 5.92 Å². The predicted molar refractivity (Wildman–Crippen MR) is 90.8 cm³/mol. The van der Waals surface area contributed by atoms with Gasteiger partial charge in [-0.2, -0.15) is 0 Å². The van der Waals surface area contributed by atoms with Gasteiger partial charge in [0, 0.05) is 0 Å². The number of aromatic carboxylic acids is 1. The number of carbonyl (C=O) groups excluding carboxylic acids is 1. The molecule has 3 N–H and O–H groups in total. The molecule has 0 bridgehead atoms. The number of unbranched alkanes of at least 4 members (excludes halogenated alkanes) is 1. The number of aliphatic hydroxyl groups excluding tert-OH is 2. The fraction of sp³-hybridized carbons (Fsp3) is 0.556. The van der Waals surface area contributed by atoms with Crippen LogP contribution in [0.4, 0.5) is 0 Å². The summed E-state index contributed by atoms with van der Waals surface area (Å²) in [5.41, 5.74) is 0.331. The molecule has 1 aromatic carbocycles. The zero-order valence-electron chi connectivity index (χ0n) is 14.4. The Labute approximate surface area is 143 Å². The van der Waals surface area contributed by atoms with E-state index in [4.69, 9.17) is 20.1 Å². The van der Waals surface area contributed by atoms with Crippen LogP contribution in [0, 0.1) is 5.92 Å². The summed E-state index contributed by atoms with van der Waals surface area (Å²) in [7, 11) is 0. The minimum absolute atomic E-state index is 0.0733. The average molecular weight is 340 g/mol. The van der Waals surface area contributed by atoms with Crippen molar-refractivity contribution in [1.29, 1.82) is 0 Å². The van der Waals surface area contributed by atoms with E-state index in [-0.39, 0.29) is 25.1 Å². The molecule has 1 rings (SSSR count). The number of ether oxygens (including phenoxy) is 1. The number of esters is 1. The van der Waals surface area contributed by atoms with Crippen molar-refractivity contribution in [3.8, 4) is 0 Å². The molecule has 1 aromatic rings. The third-order valence-electron chi connectivity index (χ3n) is 3.38. The van der Waals surface area contributed by atoms with Gasteiger partial charge in [-0.25, -0.2) is 4.79 Å². The Bertz CT molecular complexity index is 460. The smallest absolute Gasteiger partial charge is 0.335 e. The van der Waals surface area contributed by atoms with Crippen LogP contribution in [-0.2, 0) is 9.53 Å². The second kappa shape index (κ2) is 13.5. The van der Waals surface area contributed by atoms with Crippen LogP contribution in [-0.4, -0.2) is 46.6 Å². The Morgan fingerprint density at radius 1 is 1.17 bits per heavy atom. The molecule has 24 heavy (non-hydrogen) atoms. The molecule has 0 aliphatic heterocycles. The van der Waals surface area contributed by atoms with E-state index >= 15 is 0 Å². The molecule has 0 spiro atoms. The van der Waals surface area contributed by atoms with Crippen molar-refractivity contribution in [3.05, 3.63) is 35.9 Å². The monoisotopic (exact) mass is 340 g/mol. The van der Waals surface area contributed by atoms with E-state index in [0.29, 0.717) is 5.56 Å². The Balaban J connectivity index is 0.000000496. The van der Waals surface area contributed by atoms with Crippen LogP contribution < -0.4 is 0 Å². The number of rotatable bonds is 9. The first-order chi connectivity index (χ1) is 11.5. The quantitative estimate of drug-likeness (QED) is 0.597. The summed E-state index contributed by atoms with van der Waals surface area (Å²) >= 11 is 0. The normalized spacial score (nSPS) is 12.5. The summed E-state index contributed by atoms with van der Waals surface area (Å²) in [6, 6.07) is 8.30. The lowest BCUT2D eigenvalue weighted by atomic mass is 10.00. The highest BCUT2D eigenvalue weighted by atomic mass is 16.5. The highest BCUT2D eigenvalue weighted by molar-refractivity contribution is 5.87. The van der Waals surface area contributed by atoms with Crippen molar-refractivity contribution in [3.63, 3.8) is 0 Å². The van der Waals surface area contributed by atoms with E-state index < -0.39 is 12.1 Å². The second-order valence-electron chi connectivity index (χ2n) is 5.39. The minimum atomic E-state index is -0.961. The van der Waals surface area contributed by atoms with Crippen LogP contribution in [0.15, 0.2) is 30.3 Å². The number of carboxylic acids is 1. The van der Waals surface area contributed by atoms with Gasteiger partial charge in [0.25, 0.3) is 0 Å². The molecule has 0 aromatic heterocycles. The van der Waals surface area contributed by atoms with Gasteiger partial charge >= 0.3 is 11.9 Å². The molecule has 0 saturated heterocycles. The minimum Gasteiger partial charge on any atom is -0.478 e. The molecule has 0 aliphatic rings. The first-order valence-electron chi connectivity index (χ1n) is 8.20. The lowest BCUT2D eigenvalue weighted by Gasteiger charge is -2.15. The van der Waals surface area contributed by atoms with E-state index in [1.165, 1.54) is 0 Å². The van der Waals surface area contributed by atoms with Gasteiger partial charge in [-0.15, -0.1) is 0 Å². The number of carbonyl (C=O) groups is 2. The molecular formula is C18H28O6. The van der Waals surface area contributed by atoms with Crippen LogP contribution in [0.25, 0.3) is 0 Å². The fourth-order valence-corrected chi connectivity index (χ4v) is 1.87. The van der Waals surface area contributed by atoms with Crippen LogP contribution >= 0.6 is 0 Å². The Morgan fingerprint density at radius 3 is 2.21 bits per heavy atom.